The van der Waals surface area contributed by atoms with E-state index in [9.17, 15) is 19.5 Å². The number of aliphatic carboxylic acids is 1. The minimum atomic E-state index is -1.00. The molecule has 1 unspecified atom stereocenters. The van der Waals surface area contributed by atoms with Crippen molar-refractivity contribution < 1.29 is 33.4 Å². The van der Waals surface area contributed by atoms with Crippen molar-refractivity contribution in [2.24, 2.45) is 11.3 Å². The maximum absolute atomic E-state index is 13.6. The van der Waals surface area contributed by atoms with Crippen LogP contribution < -0.4 is 5.32 Å². The average Bonchev–Trinajstić information content (AvgIpc) is 3.49. The summed E-state index contributed by atoms with van der Waals surface area (Å²) < 4.78 is 16.3. The average molecular weight is 501 g/mol. The molecular weight excluding hydrogens is 464 g/mol. The minimum Gasteiger partial charge on any atom is -0.481 e. The van der Waals surface area contributed by atoms with Crippen LogP contribution in [0.25, 0.3) is 11.3 Å². The van der Waals surface area contributed by atoms with Crippen LogP contribution in [0.1, 0.15) is 57.0 Å². The van der Waals surface area contributed by atoms with Crippen molar-refractivity contribution in [1.82, 2.24) is 10.3 Å². The summed E-state index contributed by atoms with van der Waals surface area (Å²) in [5, 5.41) is 12.6. The summed E-state index contributed by atoms with van der Waals surface area (Å²) in [4.78, 5) is 42.8. The zero-order valence-electron chi connectivity index (χ0n) is 21.2. The molecule has 3 rings (SSSR count). The number of benzene rings is 1. The summed E-state index contributed by atoms with van der Waals surface area (Å²) >= 11 is 0. The highest BCUT2D eigenvalue weighted by Gasteiger charge is 2.45. The van der Waals surface area contributed by atoms with Gasteiger partial charge in [-0.25, -0.2) is 9.78 Å². The fourth-order valence-corrected chi connectivity index (χ4v) is 4.94. The summed E-state index contributed by atoms with van der Waals surface area (Å²) in [5.74, 6) is -1.64. The van der Waals surface area contributed by atoms with Crippen molar-refractivity contribution in [2.45, 2.75) is 64.8 Å². The number of carbonyl (C=O) groups is 3. The van der Waals surface area contributed by atoms with E-state index in [1.807, 2.05) is 37.3 Å². The molecule has 0 radical (unpaired) electrons. The lowest BCUT2D eigenvalue weighted by molar-refractivity contribution is -0.150. The molecule has 1 aliphatic rings. The van der Waals surface area contributed by atoms with Gasteiger partial charge in [0.05, 0.1) is 30.1 Å². The molecule has 0 bridgehead atoms. The van der Waals surface area contributed by atoms with Crippen molar-refractivity contribution in [3.8, 4) is 11.3 Å². The van der Waals surface area contributed by atoms with E-state index in [2.05, 4.69) is 10.3 Å². The third kappa shape index (κ3) is 6.72. The van der Waals surface area contributed by atoms with Gasteiger partial charge in [-0.05, 0) is 39.5 Å². The number of rotatable bonds is 13. The Bertz CT molecular complexity index is 1030. The Hall–Kier alpha value is -3.20. The Balaban J connectivity index is 1.81. The van der Waals surface area contributed by atoms with Crippen LogP contribution >= 0.6 is 0 Å². The van der Waals surface area contributed by atoms with Gasteiger partial charge in [-0.3, -0.25) is 9.59 Å². The van der Waals surface area contributed by atoms with Crippen molar-refractivity contribution >= 4 is 17.8 Å². The lowest BCUT2D eigenvalue weighted by Crippen LogP contribution is -2.50. The predicted molar refractivity (Wildman–Crippen MR) is 132 cm³/mol. The van der Waals surface area contributed by atoms with E-state index >= 15 is 0 Å². The zero-order valence-corrected chi connectivity index (χ0v) is 21.2. The van der Waals surface area contributed by atoms with Gasteiger partial charge in [0.25, 0.3) is 0 Å². The Morgan fingerprint density at radius 1 is 1.19 bits per heavy atom. The number of methoxy groups -OCH3 is 1. The number of oxazole rings is 1. The van der Waals surface area contributed by atoms with Gasteiger partial charge in [0.2, 0.25) is 5.91 Å². The van der Waals surface area contributed by atoms with Crippen LogP contribution in [0.4, 0.5) is 0 Å². The minimum absolute atomic E-state index is 0.0281. The first kappa shape index (κ1) is 27.4. The van der Waals surface area contributed by atoms with Gasteiger partial charge in [-0.15, -0.1) is 0 Å². The van der Waals surface area contributed by atoms with Gasteiger partial charge in [0.1, 0.15) is 6.04 Å². The number of nitrogens with zero attached hydrogens (tertiary/aromatic N) is 1. The maximum Gasteiger partial charge on any atom is 0.329 e. The third-order valence-electron chi connectivity index (χ3n) is 6.83. The highest BCUT2D eigenvalue weighted by Crippen LogP contribution is 2.44. The van der Waals surface area contributed by atoms with E-state index < -0.39 is 29.3 Å². The van der Waals surface area contributed by atoms with Crippen molar-refractivity contribution in [2.75, 3.05) is 20.3 Å². The topological polar surface area (TPSA) is 128 Å². The van der Waals surface area contributed by atoms with Crippen LogP contribution in [0.3, 0.4) is 0 Å². The summed E-state index contributed by atoms with van der Waals surface area (Å²) in [6.07, 6.45) is 3.34. The number of carboxylic acids is 1. The van der Waals surface area contributed by atoms with Crippen LogP contribution in [0.15, 0.2) is 34.7 Å². The number of nitrogens with one attached hydrogen (secondary N) is 1. The molecule has 1 aliphatic carbocycles. The Kier molecular flexibility index (Phi) is 9.64. The van der Waals surface area contributed by atoms with Crippen LogP contribution in [-0.2, 0) is 30.3 Å². The molecule has 196 valence electrons. The van der Waals surface area contributed by atoms with Gasteiger partial charge in [0.15, 0.2) is 11.7 Å². The smallest absolute Gasteiger partial charge is 0.329 e. The molecule has 9 heteroatoms. The normalized spacial score (nSPS) is 16.3. The zero-order chi connectivity index (χ0) is 26.1. The predicted octanol–water partition coefficient (Wildman–Crippen LogP) is 3.93. The SMILES string of the molecule is CCOC(=O)C(Cc1nc(C)c(-c2ccccc2)o1)NC(=O)C1(C[C@@H](CCOC)C(=O)O)CCCC1. The molecule has 1 heterocycles. The van der Waals surface area contributed by atoms with Crippen molar-refractivity contribution in [3.05, 3.63) is 41.9 Å². The van der Waals surface area contributed by atoms with Gasteiger partial charge < -0.3 is 24.3 Å². The summed E-state index contributed by atoms with van der Waals surface area (Å²) in [6.45, 7) is 3.99. The number of esters is 1. The number of hydrogen-bond acceptors (Lipinski definition) is 7. The number of aromatic nitrogens is 1. The third-order valence-corrected chi connectivity index (χ3v) is 6.83. The first-order chi connectivity index (χ1) is 17.3. The number of carboxylic acid groups (broad SMARTS) is 1. The summed E-state index contributed by atoms with van der Waals surface area (Å²) in [7, 11) is 1.52. The first-order valence-electron chi connectivity index (χ1n) is 12.5. The molecule has 2 N–H and O–H groups in total. The fourth-order valence-electron chi connectivity index (χ4n) is 4.94. The van der Waals surface area contributed by atoms with Crippen LogP contribution in [-0.4, -0.2) is 54.3 Å². The van der Waals surface area contributed by atoms with Crippen LogP contribution in [0.5, 0.6) is 0 Å². The molecule has 0 saturated heterocycles. The lowest BCUT2D eigenvalue weighted by Gasteiger charge is -2.32. The maximum atomic E-state index is 13.6. The van der Waals surface area contributed by atoms with Crippen LogP contribution in [0, 0.1) is 18.3 Å². The fraction of sp³-hybridized carbons (Fsp3) is 0.556. The molecule has 1 saturated carbocycles. The Labute approximate surface area is 211 Å². The van der Waals surface area contributed by atoms with Crippen LogP contribution in [0.2, 0.25) is 0 Å². The van der Waals surface area contributed by atoms with E-state index in [1.54, 1.807) is 6.92 Å². The first-order valence-corrected chi connectivity index (χ1v) is 12.5. The molecule has 1 amide bonds. The molecule has 1 fully saturated rings. The van der Waals surface area contributed by atoms with E-state index in [1.165, 1.54) is 7.11 Å². The van der Waals surface area contributed by atoms with Gasteiger partial charge >= 0.3 is 11.9 Å². The van der Waals surface area contributed by atoms with Gasteiger partial charge in [-0.2, -0.15) is 0 Å². The highest BCUT2D eigenvalue weighted by molar-refractivity contribution is 5.89. The molecule has 0 aliphatic heterocycles. The van der Waals surface area contributed by atoms with E-state index in [0.29, 0.717) is 43.2 Å². The summed E-state index contributed by atoms with van der Waals surface area (Å²) in [5.41, 5.74) is 0.689. The molecular formula is C27H36N2O7. The standard InChI is InChI=1S/C27H36N2O7/c1-4-35-25(32)21(16-22-28-18(2)23(36-22)19-10-6-5-7-11-19)29-26(33)27(13-8-9-14-27)17-20(24(30)31)12-15-34-3/h5-7,10-11,20-21H,4,8-9,12-17H2,1-3H3,(H,29,33)(H,30,31)/t20-,21?/m1/s1. The largest absolute Gasteiger partial charge is 0.481 e. The van der Waals surface area contributed by atoms with Crippen molar-refractivity contribution in [3.63, 3.8) is 0 Å². The molecule has 9 nitrogen and oxygen atoms in total. The summed E-state index contributed by atoms with van der Waals surface area (Å²) in [6, 6.07) is 8.53. The molecule has 1 aromatic heterocycles. The molecule has 36 heavy (non-hydrogen) atoms. The monoisotopic (exact) mass is 500 g/mol. The van der Waals surface area contributed by atoms with E-state index in [4.69, 9.17) is 13.9 Å². The molecule has 0 spiro atoms. The molecule has 2 aromatic rings. The number of aryl methyl sites for hydroxylation is 1. The second-order valence-electron chi connectivity index (χ2n) is 9.38. The second-order valence-corrected chi connectivity index (χ2v) is 9.38. The van der Waals surface area contributed by atoms with Gasteiger partial charge in [-0.1, -0.05) is 43.2 Å². The second kappa shape index (κ2) is 12.7. The molecule has 1 aromatic carbocycles. The number of ether oxygens (including phenoxy) is 2. The van der Waals surface area contributed by atoms with E-state index in [-0.39, 0.29) is 25.4 Å². The number of amides is 1. The molecule has 2 atom stereocenters. The van der Waals surface area contributed by atoms with E-state index in [0.717, 1.165) is 18.4 Å². The lowest BCUT2D eigenvalue weighted by atomic mass is 9.75. The Morgan fingerprint density at radius 2 is 1.89 bits per heavy atom. The quantitative estimate of drug-likeness (QED) is 0.396. The highest BCUT2D eigenvalue weighted by atomic mass is 16.5. The van der Waals surface area contributed by atoms with Gasteiger partial charge in [0, 0.05) is 19.3 Å². The number of hydrogen-bond donors (Lipinski definition) is 2. The van der Waals surface area contributed by atoms with Crippen molar-refractivity contribution in [1.29, 1.82) is 0 Å². The Morgan fingerprint density at radius 3 is 2.50 bits per heavy atom. The number of carbonyl (C=O) groups excluding carboxylic acids is 2.